The third kappa shape index (κ3) is 8.50. The summed E-state index contributed by atoms with van der Waals surface area (Å²) in [5, 5.41) is 9.14. The zero-order valence-electron chi connectivity index (χ0n) is 21.0. The van der Waals surface area contributed by atoms with E-state index in [-0.39, 0.29) is 12.5 Å². The van der Waals surface area contributed by atoms with Gasteiger partial charge in [-0.2, -0.15) is 5.10 Å². The zero-order valence-corrected chi connectivity index (χ0v) is 21.0. The number of benzene rings is 3. The number of rotatable bonds is 10. The minimum absolute atomic E-state index is 0.138. The lowest BCUT2D eigenvalue weighted by atomic mass is 10.1. The van der Waals surface area contributed by atoms with E-state index < -0.39 is 11.8 Å². The largest absolute Gasteiger partial charge is 0.494 e. The van der Waals surface area contributed by atoms with Crippen LogP contribution in [0.2, 0.25) is 0 Å². The molecule has 37 heavy (non-hydrogen) atoms. The first kappa shape index (κ1) is 26.9. The fourth-order valence-electron chi connectivity index (χ4n) is 3.13. The van der Waals surface area contributed by atoms with Gasteiger partial charge < -0.3 is 20.1 Å². The number of anilines is 2. The van der Waals surface area contributed by atoms with Crippen molar-refractivity contribution in [2.45, 2.75) is 27.2 Å². The Morgan fingerprint density at radius 2 is 1.51 bits per heavy atom. The van der Waals surface area contributed by atoms with Crippen molar-refractivity contribution >= 4 is 35.3 Å². The molecule has 0 aliphatic carbocycles. The van der Waals surface area contributed by atoms with E-state index in [1.54, 1.807) is 48.5 Å². The second-order valence-electron chi connectivity index (χ2n) is 8.18. The summed E-state index contributed by atoms with van der Waals surface area (Å²) >= 11 is 0. The van der Waals surface area contributed by atoms with Crippen molar-refractivity contribution in [1.29, 1.82) is 0 Å². The number of nitrogens with one attached hydrogen (secondary N) is 3. The molecule has 0 aliphatic rings. The fraction of sp³-hybridized carbons (Fsp3) is 0.214. The van der Waals surface area contributed by atoms with E-state index >= 15 is 0 Å². The van der Waals surface area contributed by atoms with Crippen LogP contribution in [0.1, 0.15) is 30.0 Å². The molecule has 0 saturated carbocycles. The number of carbonyl (C=O) groups excluding carboxylic acids is 3. The van der Waals surface area contributed by atoms with Crippen LogP contribution in [0.3, 0.4) is 0 Å². The van der Waals surface area contributed by atoms with Crippen LogP contribution in [0, 0.1) is 13.8 Å². The predicted octanol–water partition coefficient (Wildman–Crippen LogP) is 4.20. The molecule has 0 aliphatic heterocycles. The summed E-state index contributed by atoms with van der Waals surface area (Å²) < 4.78 is 11.0. The van der Waals surface area contributed by atoms with Gasteiger partial charge in [0.2, 0.25) is 0 Å². The van der Waals surface area contributed by atoms with Crippen molar-refractivity contribution in [3.05, 3.63) is 83.4 Å². The molecule has 0 unspecified atom stereocenters. The predicted molar refractivity (Wildman–Crippen MR) is 143 cm³/mol. The second-order valence-corrected chi connectivity index (χ2v) is 8.18. The van der Waals surface area contributed by atoms with E-state index in [1.807, 2.05) is 39.0 Å². The lowest BCUT2D eigenvalue weighted by molar-refractivity contribution is -0.136. The van der Waals surface area contributed by atoms with Crippen molar-refractivity contribution in [1.82, 2.24) is 5.43 Å². The van der Waals surface area contributed by atoms with Crippen LogP contribution in [0.5, 0.6) is 11.5 Å². The van der Waals surface area contributed by atoms with Gasteiger partial charge in [-0.1, -0.05) is 19.1 Å². The van der Waals surface area contributed by atoms with E-state index in [4.69, 9.17) is 9.47 Å². The SMILES string of the molecule is CCCOc1ccc(NC(=O)C(=O)N/N=C\c2ccc(OCC(=O)Nc3cccc(C)c3C)cc2)cc1. The van der Waals surface area contributed by atoms with Crippen molar-refractivity contribution in [2.75, 3.05) is 23.8 Å². The van der Waals surface area contributed by atoms with Crippen molar-refractivity contribution in [3.63, 3.8) is 0 Å². The number of ether oxygens (including phenoxy) is 2. The molecule has 3 amide bonds. The van der Waals surface area contributed by atoms with E-state index in [2.05, 4.69) is 21.2 Å². The summed E-state index contributed by atoms with van der Waals surface area (Å²) in [6, 6.07) is 19.2. The van der Waals surface area contributed by atoms with Gasteiger partial charge >= 0.3 is 11.8 Å². The molecule has 3 aromatic rings. The van der Waals surface area contributed by atoms with E-state index in [1.165, 1.54) is 6.21 Å². The molecule has 9 nitrogen and oxygen atoms in total. The minimum atomic E-state index is -0.905. The fourth-order valence-corrected chi connectivity index (χ4v) is 3.13. The van der Waals surface area contributed by atoms with Crippen LogP contribution < -0.4 is 25.5 Å². The number of nitrogens with zero attached hydrogens (tertiary/aromatic N) is 1. The minimum Gasteiger partial charge on any atom is -0.494 e. The molecule has 0 bridgehead atoms. The van der Waals surface area contributed by atoms with Gasteiger partial charge in [0.1, 0.15) is 11.5 Å². The Bertz CT molecular complexity index is 1250. The first-order chi connectivity index (χ1) is 17.9. The van der Waals surface area contributed by atoms with Crippen LogP contribution in [0.25, 0.3) is 0 Å². The molecule has 192 valence electrons. The Hall–Kier alpha value is -4.66. The number of aryl methyl sites for hydroxylation is 1. The third-order valence-electron chi connectivity index (χ3n) is 5.30. The maximum absolute atomic E-state index is 12.2. The number of hydrazone groups is 1. The lowest BCUT2D eigenvalue weighted by Gasteiger charge is -2.11. The Labute approximate surface area is 215 Å². The molecular weight excluding hydrogens is 472 g/mol. The maximum Gasteiger partial charge on any atom is 0.329 e. The quantitative estimate of drug-likeness (QED) is 0.218. The van der Waals surface area contributed by atoms with Crippen molar-refractivity contribution in [2.24, 2.45) is 5.10 Å². The highest BCUT2D eigenvalue weighted by atomic mass is 16.5. The Kier molecular flexibility index (Phi) is 9.78. The van der Waals surface area contributed by atoms with Gasteiger partial charge in [0.25, 0.3) is 5.91 Å². The molecule has 0 spiro atoms. The molecule has 9 heteroatoms. The standard InChI is InChI=1S/C28H30N4O5/c1-4-16-36-23-14-10-22(11-15-23)30-27(34)28(35)32-29-17-21-8-12-24(13-9-21)37-18-26(33)31-25-7-5-6-19(2)20(25)3/h5-15,17H,4,16,18H2,1-3H3,(H,30,34)(H,31,33)(H,32,35)/b29-17-. The molecule has 0 aromatic heterocycles. The number of carbonyl (C=O) groups is 3. The summed E-state index contributed by atoms with van der Waals surface area (Å²) in [5.74, 6) is -0.825. The third-order valence-corrected chi connectivity index (χ3v) is 5.30. The van der Waals surface area contributed by atoms with E-state index in [0.29, 0.717) is 29.4 Å². The molecule has 0 saturated heterocycles. The Morgan fingerprint density at radius 3 is 2.22 bits per heavy atom. The van der Waals surface area contributed by atoms with Gasteiger partial charge in [0, 0.05) is 11.4 Å². The molecule has 3 aromatic carbocycles. The zero-order chi connectivity index (χ0) is 26.6. The number of hydrogen-bond donors (Lipinski definition) is 3. The van der Waals surface area contributed by atoms with Gasteiger partial charge in [-0.15, -0.1) is 0 Å². The Morgan fingerprint density at radius 1 is 0.838 bits per heavy atom. The summed E-state index contributed by atoms with van der Waals surface area (Å²) in [7, 11) is 0. The molecule has 3 N–H and O–H groups in total. The highest BCUT2D eigenvalue weighted by Gasteiger charge is 2.13. The summed E-state index contributed by atoms with van der Waals surface area (Å²) in [6.07, 6.45) is 2.28. The van der Waals surface area contributed by atoms with Gasteiger partial charge in [-0.25, -0.2) is 5.43 Å². The molecule has 0 heterocycles. The van der Waals surface area contributed by atoms with Crippen molar-refractivity contribution < 1.29 is 23.9 Å². The molecule has 0 radical (unpaired) electrons. The Balaban J connectivity index is 1.42. The van der Waals surface area contributed by atoms with Gasteiger partial charge in [-0.05, 0) is 91.6 Å². The second kappa shape index (κ2) is 13.4. The summed E-state index contributed by atoms with van der Waals surface area (Å²) in [4.78, 5) is 36.3. The van der Waals surface area contributed by atoms with Crippen LogP contribution in [0.15, 0.2) is 71.8 Å². The maximum atomic E-state index is 12.2. The van der Waals surface area contributed by atoms with Crippen LogP contribution >= 0.6 is 0 Å². The molecule has 0 fully saturated rings. The highest BCUT2D eigenvalue weighted by Crippen LogP contribution is 2.18. The lowest BCUT2D eigenvalue weighted by Crippen LogP contribution is -2.32. The van der Waals surface area contributed by atoms with Crippen molar-refractivity contribution in [3.8, 4) is 11.5 Å². The van der Waals surface area contributed by atoms with Gasteiger partial charge in [-0.3, -0.25) is 14.4 Å². The van der Waals surface area contributed by atoms with E-state index in [9.17, 15) is 14.4 Å². The van der Waals surface area contributed by atoms with Crippen LogP contribution in [0.4, 0.5) is 11.4 Å². The van der Waals surface area contributed by atoms with Gasteiger partial charge in [0.15, 0.2) is 6.61 Å². The van der Waals surface area contributed by atoms with E-state index in [0.717, 1.165) is 23.2 Å². The molecule has 0 atom stereocenters. The first-order valence-electron chi connectivity index (χ1n) is 11.8. The normalized spacial score (nSPS) is 10.6. The smallest absolute Gasteiger partial charge is 0.329 e. The molecule has 3 rings (SSSR count). The first-order valence-corrected chi connectivity index (χ1v) is 11.8. The average molecular weight is 503 g/mol. The van der Waals surface area contributed by atoms with Crippen LogP contribution in [-0.2, 0) is 14.4 Å². The topological polar surface area (TPSA) is 118 Å². The number of hydrogen-bond acceptors (Lipinski definition) is 6. The highest BCUT2D eigenvalue weighted by molar-refractivity contribution is 6.39. The average Bonchev–Trinajstić information content (AvgIpc) is 2.90. The van der Waals surface area contributed by atoms with Crippen LogP contribution in [-0.4, -0.2) is 37.1 Å². The summed E-state index contributed by atoms with van der Waals surface area (Å²) in [6.45, 7) is 6.41. The molecular formula is C28H30N4O5. The number of amides is 3. The van der Waals surface area contributed by atoms with Gasteiger partial charge in [0.05, 0.1) is 12.8 Å². The summed E-state index contributed by atoms with van der Waals surface area (Å²) in [5.41, 5.74) is 6.17. The monoisotopic (exact) mass is 502 g/mol.